The Kier molecular flexibility index (Phi) is 6.05. The van der Waals surface area contributed by atoms with Crippen molar-refractivity contribution in [3.05, 3.63) is 40.3 Å². The van der Waals surface area contributed by atoms with Crippen LogP contribution in [0.1, 0.15) is 26.5 Å². The number of benzene rings is 1. The summed E-state index contributed by atoms with van der Waals surface area (Å²) in [5.41, 5.74) is 0.403. The van der Waals surface area contributed by atoms with Gasteiger partial charge in [0.15, 0.2) is 0 Å². The summed E-state index contributed by atoms with van der Waals surface area (Å²) in [6.45, 7) is 4.35. The molecule has 0 aliphatic carbocycles. The third-order valence-corrected chi connectivity index (χ3v) is 4.11. The van der Waals surface area contributed by atoms with Crippen molar-refractivity contribution in [2.75, 3.05) is 12.8 Å². The number of hydrogen-bond donors (Lipinski definition) is 3. The van der Waals surface area contributed by atoms with Gasteiger partial charge in [0, 0.05) is 23.2 Å². The van der Waals surface area contributed by atoms with Gasteiger partial charge in [0.25, 0.3) is 5.56 Å². The first-order chi connectivity index (χ1) is 13.7. The summed E-state index contributed by atoms with van der Waals surface area (Å²) >= 11 is 0. The number of H-pyrrole nitrogens is 1. The van der Waals surface area contributed by atoms with Gasteiger partial charge in [-0.15, -0.1) is 0 Å². The Labute approximate surface area is 169 Å². The monoisotopic (exact) mass is 429 g/mol. The Bertz CT molecular complexity index is 1030. The van der Waals surface area contributed by atoms with Crippen molar-refractivity contribution in [2.24, 2.45) is 0 Å². The maximum atomic E-state index is 14.1. The summed E-state index contributed by atoms with van der Waals surface area (Å²) in [5.74, 6) is -1.77. The molecule has 1 aromatic carbocycles. The number of nitrogens with one attached hydrogen (secondary N) is 2. The molecule has 0 fully saturated rings. The third-order valence-electron chi connectivity index (χ3n) is 4.11. The van der Waals surface area contributed by atoms with Gasteiger partial charge in [-0.1, -0.05) is 0 Å². The second kappa shape index (κ2) is 7.88. The molecule has 4 N–H and O–H groups in total. The van der Waals surface area contributed by atoms with E-state index in [1.165, 1.54) is 45.0 Å². The van der Waals surface area contributed by atoms with Gasteiger partial charge in [-0.2, -0.15) is 13.2 Å². The van der Waals surface area contributed by atoms with Crippen molar-refractivity contribution in [1.29, 1.82) is 0 Å². The van der Waals surface area contributed by atoms with Crippen LogP contribution in [-0.2, 0) is 20.7 Å². The zero-order valence-electron chi connectivity index (χ0n) is 16.8. The smallest absolute Gasteiger partial charge is 0.422 e. The van der Waals surface area contributed by atoms with Gasteiger partial charge < -0.3 is 20.2 Å². The van der Waals surface area contributed by atoms with Crippen molar-refractivity contribution in [3.63, 3.8) is 0 Å². The third kappa shape index (κ3) is 4.84. The normalized spacial score (nSPS) is 14.1. The lowest BCUT2D eigenvalue weighted by molar-refractivity contribution is -0.211. The Morgan fingerprint density at radius 1 is 1.17 bits per heavy atom. The number of halogens is 3. The number of ether oxygens (including phenoxy) is 2. The lowest BCUT2D eigenvalue weighted by Crippen LogP contribution is -2.66. The Morgan fingerprint density at radius 2 is 1.80 bits per heavy atom. The first kappa shape index (κ1) is 23.0. The van der Waals surface area contributed by atoms with E-state index in [1.54, 1.807) is 5.32 Å². The zero-order valence-corrected chi connectivity index (χ0v) is 16.8. The largest absolute Gasteiger partial charge is 0.467 e. The number of fused-ring (bicyclic) bond motifs is 1. The van der Waals surface area contributed by atoms with E-state index in [-0.39, 0.29) is 16.5 Å². The van der Waals surface area contributed by atoms with Crippen molar-refractivity contribution in [3.8, 4) is 0 Å². The molecule has 0 spiro atoms. The van der Waals surface area contributed by atoms with Gasteiger partial charge in [0.1, 0.15) is 5.60 Å². The molecule has 1 aromatic heterocycles. The molecule has 1 amide bonds. The number of rotatable bonds is 4. The number of pyridine rings is 1. The van der Waals surface area contributed by atoms with E-state index in [1.807, 2.05) is 0 Å². The number of hydrogen-bond acceptors (Lipinski definition) is 6. The number of carbonyl (C=O) groups is 2. The van der Waals surface area contributed by atoms with Crippen LogP contribution in [0.5, 0.6) is 0 Å². The van der Waals surface area contributed by atoms with Gasteiger partial charge in [0.05, 0.1) is 7.11 Å². The van der Waals surface area contributed by atoms with Gasteiger partial charge in [-0.25, -0.2) is 9.59 Å². The van der Waals surface area contributed by atoms with Gasteiger partial charge in [-0.05, 0) is 50.4 Å². The molecular weight excluding hydrogens is 407 g/mol. The fourth-order valence-corrected chi connectivity index (χ4v) is 2.83. The van der Waals surface area contributed by atoms with E-state index in [2.05, 4.69) is 9.72 Å². The maximum absolute atomic E-state index is 14.1. The highest BCUT2D eigenvalue weighted by molar-refractivity contribution is 5.88. The lowest BCUT2D eigenvalue weighted by Gasteiger charge is -2.34. The summed E-state index contributed by atoms with van der Waals surface area (Å²) in [7, 11) is 0.753. The van der Waals surface area contributed by atoms with Crippen molar-refractivity contribution >= 4 is 28.5 Å². The molecule has 0 saturated heterocycles. The standard InChI is InChI=1S/C19H22F3N3O5/c1-17(2,3)30-16(28)25-18(15(27)29-4,19(20,21)22)9-12-8-10-7-11(23)5-6-13(10)14(26)24-12/h5-8H,9,23H2,1-4H3,(H,24,26)(H,25,28). The quantitative estimate of drug-likeness (QED) is 0.507. The highest BCUT2D eigenvalue weighted by Gasteiger charge is 2.63. The number of esters is 1. The fraction of sp³-hybridized carbons (Fsp3) is 0.421. The molecule has 164 valence electrons. The first-order valence-electron chi connectivity index (χ1n) is 8.76. The van der Waals surface area contributed by atoms with Crippen LogP contribution in [0.2, 0.25) is 0 Å². The molecule has 0 saturated carbocycles. The molecule has 0 aliphatic heterocycles. The molecule has 30 heavy (non-hydrogen) atoms. The van der Waals surface area contributed by atoms with E-state index < -0.39 is 41.4 Å². The van der Waals surface area contributed by atoms with E-state index in [9.17, 15) is 27.6 Å². The highest BCUT2D eigenvalue weighted by Crippen LogP contribution is 2.35. The second-order valence-corrected chi connectivity index (χ2v) is 7.67. The predicted octanol–water partition coefficient (Wildman–Crippen LogP) is 2.65. The SMILES string of the molecule is COC(=O)C(Cc1cc2cc(N)ccc2c(=O)[nH]1)(NC(=O)OC(C)(C)C)C(F)(F)F. The van der Waals surface area contributed by atoms with E-state index >= 15 is 0 Å². The molecule has 11 heteroatoms. The Hall–Kier alpha value is -3.24. The Morgan fingerprint density at radius 3 is 2.33 bits per heavy atom. The lowest BCUT2D eigenvalue weighted by atomic mass is 9.91. The molecule has 2 rings (SSSR count). The predicted molar refractivity (Wildman–Crippen MR) is 103 cm³/mol. The average molecular weight is 429 g/mol. The highest BCUT2D eigenvalue weighted by atomic mass is 19.4. The number of nitrogens with two attached hydrogens (primary N) is 1. The van der Waals surface area contributed by atoms with E-state index in [0.29, 0.717) is 5.69 Å². The van der Waals surface area contributed by atoms with Crippen LogP contribution in [0, 0.1) is 0 Å². The summed E-state index contributed by atoms with van der Waals surface area (Å²) < 4.78 is 51.5. The zero-order chi connectivity index (χ0) is 22.9. The average Bonchev–Trinajstić information content (AvgIpc) is 2.57. The summed E-state index contributed by atoms with van der Waals surface area (Å²) in [4.78, 5) is 39.0. The topological polar surface area (TPSA) is 124 Å². The molecule has 2 aromatic rings. The van der Waals surface area contributed by atoms with Gasteiger partial charge in [-0.3, -0.25) is 10.1 Å². The number of aromatic nitrogens is 1. The number of amides is 1. The van der Waals surface area contributed by atoms with Crippen LogP contribution in [0.4, 0.5) is 23.7 Å². The second-order valence-electron chi connectivity index (χ2n) is 7.67. The molecule has 0 aliphatic rings. The summed E-state index contributed by atoms with van der Waals surface area (Å²) in [6.07, 6.45) is -7.89. The van der Waals surface area contributed by atoms with E-state index in [0.717, 1.165) is 7.11 Å². The molecular formula is C19H22F3N3O5. The van der Waals surface area contributed by atoms with Gasteiger partial charge >= 0.3 is 18.2 Å². The minimum atomic E-state index is -5.28. The molecule has 1 heterocycles. The van der Waals surface area contributed by atoms with Crippen molar-refractivity contribution in [2.45, 2.75) is 44.5 Å². The minimum Gasteiger partial charge on any atom is -0.467 e. The molecule has 0 bridgehead atoms. The number of alkyl carbamates (subject to hydrolysis) is 1. The maximum Gasteiger partial charge on any atom is 0.422 e. The van der Waals surface area contributed by atoms with Crippen LogP contribution in [0.3, 0.4) is 0 Å². The fourth-order valence-electron chi connectivity index (χ4n) is 2.83. The minimum absolute atomic E-state index is 0.198. The number of carbonyl (C=O) groups excluding carboxylic acids is 2. The molecule has 1 atom stereocenters. The number of methoxy groups -OCH3 is 1. The number of anilines is 1. The summed E-state index contributed by atoms with van der Waals surface area (Å²) in [5, 5.41) is 2.07. The van der Waals surface area contributed by atoms with Crippen LogP contribution in [-0.4, -0.2) is 41.5 Å². The van der Waals surface area contributed by atoms with Gasteiger partial charge in [0.2, 0.25) is 5.54 Å². The number of aromatic amines is 1. The molecule has 0 radical (unpaired) electrons. The first-order valence-corrected chi connectivity index (χ1v) is 8.76. The van der Waals surface area contributed by atoms with Crippen LogP contribution < -0.4 is 16.6 Å². The van der Waals surface area contributed by atoms with Crippen LogP contribution in [0.15, 0.2) is 29.1 Å². The number of nitrogen functional groups attached to an aromatic ring is 1. The molecule has 1 unspecified atom stereocenters. The van der Waals surface area contributed by atoms with E-state index in [4.69, 9.17) is 10.5 Å². The molecule has 8 nitrogen and oxygen atoms in total. The van der Waals surface area contributed by atoms with Crippen LogP contribution in [0.25, 0.3) is 10.8 Å². The number of alkyl halides is 3. The van der Waals surface area contributed by atoms with Crippen LogP contribution >= 0.6 is 0 Å². The Balaban J connectivity index is 2.59. The summed E-state index contributed by atoms with van der Waals surface area (Å²) in [6, 6.07) is 5.54. The van der Waals surface area contributed by atoms with Crippen molar-refractivity contribution < 1.29 is 32.2 Å². The van der Waals surface area contributed by atoms with Crippen molar-refractivity contribution in [1.82, 2.24) is 10.3 Å².